The third kappa shape index (κ3) is 3.48. The SMILES string of the molecule is COc1ccc(C2=N/C(=C\c3coc4ccc(Cl)cc4c3=O)C(=O)O2)cc1OC. The Bertz CT molecular complexity index is 1260. The van der Waals surface area contributed by atoms with E-state index < -0.39 is 5.97 Å². The number of carbonyl (C=O) groups excluding carboxylic acids is 1. The molecule has 0 bridgehead atoms. The molecule has 8 heteroatoms. The predicted octanol–water partition coefficient (Wildman–Crippen LogP) is 3.81. The fraction of sp³-hybridized carbons (Fsp3) is 0.0952. The van der Waals surface area contributed by atoms with Crippen molar-refractivity contribution in [1.29, 1.82) is 0 Å². The van der Waals surface area contributed by atoms with Gasteiger partial charge in [0, 0.05) is 10.6 Å². The number of methoxy groups -OCH3 is 2. The number of rotatable bonds is 4. The number of hydrogen-bond donors (Lipinski definition) is 0. The maximum absolute atomic E-state index is 12.7. The van der Waals surface area contributed by atoms with Crippen molar-refractivity contribution < 1.29 is 23.4 Å². The smallest absolute Gasteiger partial charge is 0.363 e. The summed E-state index contributed by atoms with van der Waals surface area (Å²) in [6, 6.07) is 9.74. The normalized spacial score (nSPS) is 14.8. The van der Waals surface area contributed by atoms with Gasteiger partial charge in [0.15, 0.2) is 22.6 Å². The second kappa shape index (κ2) is 7.44. The summed E-state index contributed by atoms with van der Waals surface area (Å²) in [5.74, 6) is 0.411. The molecule has 0 aliphatic carbocycles. The van der Waals surface area contributed by atoms with Crippen LogP contribution in [0.3, 0.4) is 0 Å². The largest absolute Gasteiger partial charge is 0.493 e. The van der Waals surface area contributed by atoms with Gasteiger partial charge in [-0.1, -0.05) is 11.6 Å². The number of esters is 1. The van der Waals surface area contributed by atoms with Gasteiger partial charge in [-0.2, -0.15) is 0 Å². The first kappa shape index (κ1) is 18.8. The van der Waals surface area contributed by atoms with Crippen LogP contribution in [0.15, 0.2) is 62.6 Å². The van der Waals surface area contributed by atoms with Crippen molar-refractivity contribution in [2.75, 3.05) is 14.2 Å². The Morgan fingerprint density at radius 1 is 1.03 bits per heavy atom. The fourth-order valence-corrected chi connectivity index (χ4v) is 3.04. The van der Waals surface area contributed by atoms with E-state index in [9.17, 15) is 9.59 Å². The van der Waals surface area contributed by atoms with E-state index in [0.717, 1.165) is 0 Å². The monoisotopic (exact) mass is 411 g/mol. The molecule has 0 saturated carbocycles. The number of carbonyl (C=O) groups is 1. The Morgan fingerprint density at radius 2 is 1.83 bits per heavy atom. The molecule has 0 spiro atoms. The van der Waals surface area contributed by atoms with Crippen LogP contribution in [0.2, 0.25) is 5.02 Å². The minimum atomic E-state index is -0.680. The van der Waals surface area contributed by atoms with Gasteiger partial charge in [0.1, 0.15) is 11.8 Å². The first-order chi connectivity index (χ1) is 14.0. The Balaban J connectivity index is 1.75. The number of hydrogen-bond acceptors (Lipinski definition) is 7. The first-order valence-corrected chi connectivity index (χ1v) is 8.84. The molecule has 0 unspecified atom stereocenters. The molecule has 29 heavy (non-hydrogen) atoms. The molecule has 2 heterocycles. The number of nitrogens with zero attached hydrogens (tertiary/aromatic N) is 1. The molecule has 3 aromatic rings. The Labute approximate surface area is 169 Å². The second-order valence-electron chi connectivity index (χ2n) is 6.07. The summed E-state index contributed by atoms with van der Waals surface area (Å²) in [5.41, 5.74) is 0.720. The number of halogens is 1. The molecule has 2 aromatic carbocycles. The average molecular weight is 412 g/mol. The lowest BCUT2D eigenvalue weighted by molar-refractivity contribution is -0.129. The van der Waals surface area contributed by atoms with Crippen molar-refractivity contribution in [3.05, 3.63) is 74.7 Å². The van der Waals surface area contributed by atoms with Crippen molar-refractivity contribution in [3.8, 4) is 11.5 Å². The third-order valence-electron chi connectivity index (χ3n) is 4.30. The minimum Gasteiger partial charge on any atom is -0.493 e. The van der Waals surface area contributed by atoms with E-state index in [2.05, 4.69) is 4.99 Å². The summed E-state index contributed by atoms with van der Waals surface area (Å²) in [4.78, 5) is 29.1. The summed E-state index contributed by atoms with van der Waals surface area (Å²) >= 11 is 5.96. The Hall–Kier alpha value is -3.58. The number of benzene rings is 2. The van der Waals surface area contributed by atoms with Crippen molar-refractivity contribution >= 4 is 40.5 Å². The fourth-order valence-electron chi connectivity index (χ4n) is 2.87. The van der Waals surface area contributed by atoms with Crippen LogP contribution in [0.5, 0.6) is 11.5 Å². The zero-order valence-electron chi connectivity index (χ0n) is 15.4. The van der Waals surface area contributed by atoms with E-state index in [1.165, 1.54) is 32.6 Å². The highest BCUT2D eigenvalue weighted by Crippen LogP contribution is 2.29. The molecule has 0 saturated heterocycles. The molecule has 4 rings (SSSR count). The number of aliphatic imine (C=N–C) groups is 1. The predicted molar refractivity (Wildman–Crippen MR) is 108 cm³/mol. The Kier molecular flexibility index (Phi) is 4.82. The lowest BCUT2D eigenvalue weighted by Gasteiger charge is -2.08. The topological polar surface area (TPSA) is 87.3 Å². The van der Waals surface area contributed by atoms with Gasteiger partial charge >= 0.3 is 5.97 Å². The zero-order chi connectivity index (χ0) is 20.5. The molecule has 1 aliphatic heterocycles. The molecular formula is C21H14ClNO6. The van der Waals surface area contributed by atoms with Gasteiger partial charge in [-0.25, -0.2) is 9.79 Å². The first-order valence-electron chi connectivity index (χ1n) is 8.46. The third-order valence-corrected chi connectivity index (χ3v) is 4.54. The van der Waals surface area contributed by atoms with Crippen molar-refractivity contribution in [1.82, 2.24) is 0 Å². The summed E-state index contributed by atoms with van der Waals surface area (Å²) in [7, 11) is 3.02. The van der Waals surface area contributed by atoms with Gasteiger partial charge in [-0.15, -0.1) is 0 Å². The number of fused-ring (bicyclic) bond motifs is 1. The molecule has 0 N–H and O–H groups in total. The van der Waals surface area contributed by atoms with Gasteiger partial charge in [-0.05, 0) is 42.5 Å². The van der Waals surface area contributed by atoms with Crippen LogP contribution in [0.25, 0.3) is 17.0 Å². The van der Waals surface area contributed by atoms with Gasteiger partial charge in [0.2, 0.25) is 5.90 Å². The average Bonchev–Trinajstić information content (AvgIpc) is 3.10. The maximum atomic E-state index is 12.7. The van der Waals surface area contributed by atoms with Gasteiger partial charge in [-0.3, -0.25) is 4.79 Å². The van der Waals surface area contributed by atoms with Crippen molar-refractivity contribution in [3.63, 3.8) is 0 Å². The quantitative estimate of drug-likeness (QED) is 0.479. The molecular weight excluding hydrogens is 398 g/mol. The van der Waals surface area contributed by atoms with Crippen LogP contribution in [-0.4, -0.2) is 26.1 Å². The highest BCUT2D eigenvalue weighted by molar-refractivity contribution is 6.31. The summed E-state index contributed by atoms with van der Waals surface area (Å²) in [6.07, 6.45) is 2.59. The highest BCUT2D eigenvalue weighted by Gasteiger charge is 2.25. The van der Waals surface area contributed by atoms with Crippen LogP contribution >= 0.6 is 11.6 Å². The summed E-state index contributed by atoms with van der Waals surface area (Å²) in [6.45, 7) is 0. The lowest BCUT2D eigenvalue weighted by atomic mass is 10.1. The van der Waals surface area contributed by atoms with Crippen LogP contribution in [0.1, 0.15) is 11.1 Å². The number of ether oxygens (including phenoxy) is 3. The van der Waals surface area contributed by atoms with E-state index in [1.807, 2.05) is 0 Å². The molecule has 0 fully saturated rings. The Morgan fingerprint density at radius 3 is 2.59 bits per heavy atom. The van der Waals surface area contributed by atoms with E-state index in [-0.39, 0.29) is 22.6 Å². The van der Waals surface area contributed by atoms with Gasteiger partial charge < -0.3 is 18.6 Å². The standard InChI is InChI=1S/C21H14ClNO6/c1-26-17-5-3-11(8-18(17)27-2)20-23-15(21(25)29-20)7-12-10-28-16-6-4-13(22)9-14(16)19(12)24/h3-10H,1-2H3/b15-7-. The molecule has 0 atom stereocenters. The summed E-state index contributed by atoms with van der Waals surface area (Å²) < 4.78 is 21.1. The van der Waals surface area contributed by atoms with Crippen LogP contribution < -0.4 is 14.9 Å². The number of cyclic esters (lactones) is 1. The molecule has 146 valence electrons. The van der Waals surface area contributed by atoms with Crippen LogP contribution in [-0.2, 0) is 9.53 Å². The molecule has 1 aromatic heterocycles. The van der Waals surface area contributed by atoms with E-state index in [1.54, 1.807) is 30.3 Å². The highest BCUT2D eigenvalue weighted by atomic mass is 35.5. The second-order valence-corrected chi connectivity index (χ2v) is 6.50. The molecule has 0 radical (unpaired) electrons. The van der Waals surface area contributed by atoms with Gasteiger partial charge in [0.05, 0.1) is 25.2 Å². The van der Waals surface area contributed by atoms with Crippen LogP contribution in [0.4, 0.5) is 0 Å². The summed E-state index contributed by atoms with van der Waals surface area (Å²) in [5, 5.41) is 0.714. The molecule has 0 amide bonds. The molecule has 1 aliphatic rings. The van der Waals surface area contributed by atoms with E-state index >= 15 is 0 Å². The zero-order valence-corrected chi connectivity index (χ0v) is 16.1. The van der Waals surface area contributed by atoms with Crippen LogP contribution in [0, 0.1) is 0 Å². The van der Waals surface area contributed by atoms with Crippen molar-refractivity contribution in [2.24, 2.45) is 4.99 Å². The van der Waals surface area contributed by atoms with Gasteiger partial charge in [0.25, 0.3) is 0 Å². The molecule has 7 nitrogen and oxygen atoms in total. The maximum Gasteiger partial charge on any atom is 0.363 e. The minimum absolute atomic E-state index is 0.0246. The van der Waals surface area contributed by atoms with Crippen molar-refractivity contribution in [2.45, 2.75) is 0 Å². The van der Waals surface area contributed by atoms with E-state index in [4.69, 9.17) is 30.2 Å². The lowest BCUT2D eigenvalue weighted by Crippen LogP contribution is -2.07. The van der Waals surface area contributed by atoms with E-state index in [0.29, 0.717) is 33.1 Å².